The monoisotopic (exact) mass is 380 g/mol. The molecule has 2 aliphatic rings. The zero-order valence-corrected chi connectivity index (χ0v) is 16.3. The van der Waals surface area contributed by atoms with Gasteiger partial charge in [-0.25, -0.2) is 0 Å². The Morgan fingerprint density at radius 3 is 3.00 bits per heavy atom. The van der Waals surface area contributed by atoms with Crippen LogP contribution in [0.1, 0.15) is 31.2 Å². The Hall–Kier alpha value is -2.18. The number of piperidine rings is 1. The highest BCUT2D eigenvalue weighted by Crippen LogP contribution is 2.38. The molecule has 0 amide bonds. The Balaban J connectivity index is 1.38. The summed E-state index contributed by atoms with van der Waals surface area (Å²) < 4.78 is 1.08. The topological polar surface area (TPSA) is 61.3 Å². The van der Waals surface area contributed by atoms with Crippen molar-refractivity contribution in [3.63, 3.8) is 0 Å². The molecule has 2 N–H and O–H groups in total. The maximum atomic E-state index is 10.7. The van der Waals surface area contributed by atoms with E-state index in [1.165, 1.54) is 32.2 Å². The highest BCUT2D eigenvalue weighted by molar-refractivity contribution is 7.17. The van der Waals surface area contributed by atoms with Gasteiger partial charge >= 0.3 is 0 Å². The molecule has 27 heavy (non-hydrogen) atoms. The molecule has 140 valence electrons. The second kappa shape index (κ2) is 6.77. The molecule has 2 saturated heterocycles. The van der Waals surface area contributed by atoms with Crippen LogP contribution in [0.15, 0.2) is 29.6 Å². The van der Waals surface area contributed by atoms with Crippen molar-refractivity contribution in [1.82, 2.24) is 15.1 Å². The number of hydrogen-bond acceptors (Lipinski definition) is 6. The molecule has 0 spiro atoms. The summed E-state index contributed by atoms with van der Waals surface area (Å²) in [5.41, 5.74) is 2.51. The number of aryl methyl sites for hydroxylation is 1. The van der Waals surface area contributed by atoms with Crippen molar-refractivity contribution in [3.8, 4) is 17.0 Å². The van der Waals surface area contributed by atoms with Gasteiger partial charge in [-0.15, -0.1) is 21.5 Å². The fourth-order valence-electron chi connectivity index (χ4n) is 4.60. The van der Waals surface area contributed by atoms with Crippen LogP contribution in [0.5, 0.6) is 5.75 Å². The zero-order chi connectivity index (χ0) is 18.4. The predicted molar refractivity (Wildman–Crippen MR) is 110 cm³/mol. The quantitative estimate of drug-likeness (QED) is 0.705. The van der Waals surface area contributed by atoms with Gasteiger partial charge in [0.2, 0.25) is 0 Å². The molecule has 5 rings (SSSR count). The first kappa shape index (κ1) is 17.0. The van der Waals surface area contributed by atoms with Crippen LogP contribution in [-0.4, -0.2) is 45.4 Å². The van der Waals surface area contributed by atoms with E-state index in [0.717, 1.165) is 45.3 Å². The van der Waals surface area contributed by atoms with E-state index in [4.69, 9.17) is 0 Å². The predicted octanol–water partition coefficient (Wildman–Crippen LogP) is 4.41. The Labute approximate surface area is 163 Å². The molecule has 0 aliphatic carbocycles. The minimum absolute atomic E-state index is 0.291. The summed E-state index contributed by atoms with van der Waals surface area (Å²) in [6.07, 6.45) is 5.16. The lowest BCUT2D eigenvalue weighted by Gasteiger charge is -2.35. The van der Waals surface area contributed by atoms with Crippen molar-refractivity contribution in [3.05, 3.63) is 35.2 Å². The fraction of sp³-hybridized carbons (Fsp3) is 0.429. The van der Waals surface area contributed by atoms with Gasteiger partial charge in [0.25, 0.3) is 0 Å². The molecule has 5 nitrogen and oxygen atoms in total. The molecule has 3 aromatic rings. The van der Waals surface area contributed by atoms with Crippen LogP contribution in [0.4, 0.5) is 5.82 Å². The molecular weight excluding hydrogens is 356 g/mol. The van der Waals surface area contributed by atoms with E-state index in [2.05, 4.69) is 26.5 Å². The lowest BCUT2D eigenvalue weighted by atomic mass is 9.99. The number of benzene rings is 1. The number of thiophene rings is 1. The number of phenols is 1. The van der Waals surface area contributed by atoms with E-state index in [1.54, 1.807) is 11.3 Å². The van der Waals surface area contributed by atoms with Gasteiger partial charge < -0.3 is 10.4 Å². The maximum Gasteiger partial charge on any atom is 0.149 e. The summed E-state index contributed by atoms with van der Waals surface area (Å²) in [6, 6.07) is 9.22. The van der Waals surface area contributed by atoms with Crippen molar-refractivity contribution in [2.24, 2.45) is 0 Å². The van der Waals surface area contributed by atoms with Gasteiger partial charge in [0.05, 0.1) is 5.69 Å². The van der Waals surface area contributed by atoms with Gasteiger partial charge in [-0.2, -0.15) is 0 Å². The molecule has 0 radical (unpaired) electrons. The van der Waals surface area contributed by atoms with Crippen LogP contribution in [0.3, 0.4) is 0 Å². The highest BCUT2D eigenvalue weighted by Gasteiger charge is 2.31. The molecule has 0 bridgehead atoms. The van der Waals surface area contributed by atoms with Gasteiger partial charge in [0.15, 0.2) is 0 Å². The summed E-state index contributed by atoms with van der Waals surface area (Å²) >= 11 is 1.63. The second-order valence-corrected chi connectivity index (χ2v) is 8.71. The Morgan fingerprint density at radius 2 is 2.11 bits per heavy atom. The minimum atomic E-state index is 0.291. The zero-order valence-electron chi connectivity index (χ0n) is 15.5. The van der Waals surface area contributed by atoms with Crippen molar-refractivity contribution in [2.75, 3.05) is 18.4 Å². The van der Waals surface area contributed by atoms with Crippen LogP contribution >= 0.6 is 11.3 Å². The van der Waals surface area contributed by atoms with Gasteiger partial charge in [-0.1, -0.05) is 0 Å². The van der Waals surface area contributed by atoms with E-state index in [-0.39, 0.29) is 0 Å². The second-order valence-electron chi connectivity index (χ2n) is 7.76. The van der Waals surface area contributed by atoms with Crippen LogP contribution < -0.4 is 5.32 Å². The first-order chi connectivity index (χ1) is 13.2. The molecular formula is C21H24N4OS. The number of aromatic hydroxyl groups is 1. The van der Waals surface area contributed by atoms with E-state index in [1.807, 2.05) is 30.5 Å². The Kier molecular flexibility index (Phi) is 4.25. The van der Waals surface area contributed by atoms with Crippen LogP contribution in [0.2, 0.25) is 0 Å². The van der Waals surface area contributed by atoms with Crippen LogP contribution in [-0.2, 0) is 0 Å². The molecule has 2 aromatic heterocycles. The summed E-state index contributed by atoms with van der Waals surface area (Å²) in [5.74, 6) is 1.12. The molecule has 1 aromatic carbocycles. The first-order valence-corrected chi connectivity index (χ1v) is 10.6. The van der Waals surface area contributed by atoms with Gasteiger partial charge in [0, 0.05) is 34.3 Å². The molecule has 0 unspecified atom stereocenters. The maximum absolute atomic E-state index is 10.7. The average Bonchev–Trinajstić information content (AvgIpc) is 3.32. The van der Waals surface area contributed by atoms with Gasteiger partial charge in [0.1, 0.15) is 11.6 Å². The number of rotatable bonds is 3. The van der Waals surface area contributed by atoms with E-state index in [0.29, 0.717) is 11.8 Å². The van der Waals surface area contributed by atoms with Crippen molar-refractivity contribution >= 4 is 27.2 Å². The largest absolute Gasteiger partial charge is 0.507 e. The Bertz CT molecular complexity index is 985. The van der Waals surface area contributed by atoms with Crippen LogP contribution in [0, 0.1) is 6.92 Å². The lowest BCUT2D eigenvalue weighted by Crippen LogP contribution is -2.44. The van der Waals surface area contributed by atoms with Crippen LogP contribution in [0.25, 0.3) is 21.3 Å². The number of nitrogens with zero attached hydrogens (tertiary/aromatic N) is 3. The molecule has 0 saturated carbocycles. The molecule has 6 heteroatoms. The van der Waals surface area contributed by atoms with Gasteiger partial charge in [-0.3, -0.25) is 4.90 Å². The number of fused-ring (bicyclic) bond motifs is 2. The molecule has 4 heterocycles. The molecule has 2 atom stereocenters. The standard InChI is InChI=1S/C21H24N4OS/c1-13-11-19(22-14-4-5-15-3-2-9-25(15)12-14)23-24-20(13)17-6-7-18-16(21(17)26)8-10-27-18/h6-8,10-11,14-15,26H,2-5,9,12H2,1H3,(H,22,23)/t14-,15-/m1/s1. The number of anilines is 1. The third-order valence-corrected chi connectivity index (χ3v) is 6.88. The number of nitrogens with one attached hydrogen (secondary N) is 1. The minimum Gasteiger partial charge on any atom is -0.507 e. The van der Waals surface area contributed by atoms with E-state index in [9.17, 15) is 5.11 Å². The highest BCUT2D eigenvalue weighted by atomic mass is 32.1. The van der Waals surface area contributed by atoms with E-state index >= 15 is 0 Å². The number of phenolic OH excluding ortho intramolecular Hbond substituents is 1. The lowest BCUT2D eigenvalue weighted by molar-refractivity contribution is 0.186. The third kappa shape index (κ3) is 3.07. The van der Waals surface area contributed by atoms with E-state index < -0.39 is 0 Å². The number of aromatic nitrogens is 2. The summed E-state index contributed by atoms with van der Waals surface area (Å²) in [4.78, 5) is 2.62. The Morgan fingerprint density at radius 1 is 1.19 bits per heavy atom. The average molecular weight is 381 g/mol. The fourth-order valence-corrected chi connectivity index (χ4v) is 5.39. The van der Waals surface area contributed by atoms with Gasteiger partial charge in [-0.05, 0) is 74.4 Å². The van der Waals surface area contributed by atoms with Crippen molar-refractivity contribution in [1.29, 1.82) is 0 Å². The number of hydrogen-bond donors (Lipinski definition) is 2. The smallest absolute Gasteiger partial charge is 0.149 e. The SMILES string of the molecule is Cc1cc(N[C@@H]2CC[C@H]3CCCN3C2)nnc1-c1ccc2sccc2c1O. The summed E-state index contributed by atoms with van der Waals surface area (Å²) in [6.45, 7) is 4.36. The summed E-state index contributed by atoms with van der Waals surface area (Å²) in [5, 5.41) is 26.0. The first-order valence-electron chi connectivity index (χ1n) is 9.73. The third-order valence-electron chi connectivity index (χ3n) is 6.00. The molecule has 2 fully saturated rings. The van der Waals surface area contributed by atoms with Crippen molar-refractivity contribution < 1.29 is 5.11 Å². The normalized spacial score (nSPS) is 22.9. The summed E-state index contributed by atoms with van der Waals surface area (Å²) in [7, 11) is 0. The van der Waals surface area contributed by atoms with Crippen molar-refractivity contribution in [2.45, 2.75) is 44.7 Å². The molecule has 2 aliphatic heterocycles.